The summed E-state index contributed by atoms with van der Waals surface area (Å²) in [6.45, 7) is 1.06. The van der Waals surface area contributed by atoms with Crippen LogP contribution in [0.2, 0.25) is 0 Å². The third kappa shape index (κ3) is 6.35. The molecule has 0 aromatic carbocycles. The fourth-order valence-corrected chi connectivity index (χ4v) is 5.87. The highest BCUT2D eigenvalue weighted by Crippen LogP contribution is 2.48. The van der Waals surface area contributed by atoms with Crippen LogP contribution < -0.4 is 5.32 Å². The molecule has 3 heterocycles. The molecule has 0 spiro atoms. The summed E-state index contributed by atoms with van der Waals surface area (Å²) in [5.74, 6) is -2.31. The van der Waals surface area contributed by atoms with Crippen LogP contribution in [0.5, 0.6) is 0 Å². The van der Waals surface area contributed by atoms with Crippen LogP contribution in [0.25, 0.3) is 0 Å². The van der Waals surface area contributed by atoms with Gasteiger partial charge in [0.05, 0.1) is 0 Å². The lowest BCUT2D eigenvalue weighted by Gasteiger charge is -2.46. The second-order valence-electron chi connectivity index (χ2n) is 11.1. The first-order valence-corrected chi connectivity index (χ1v) is 13.8. The second-order valence-corrected chi connectivity index (χ2v) is 11.1. The lowest BCUT2D eigenvalue weighted by Crippen LogP contribution is -2.59. The van der Waals surface area contributed by atoms with Gasteiger partial charge >= 0.3 is 18.1 Å². The van der Waals surface area contributed by atoms with Crippen molar-refractivity contribution in [3.05, 3.63) is 23.4 Å². The maximum absolute atomic E-state index is 14.3. The van der Waals surface area contributed by atoms with Crippen molar-refractivity contribution in [2.75, 3.05) is 31.6 Å². The summed E-state index contributed by atoms with van der Waals surface area (Å²) in [6.07, 6.45) is -2.26. The molecular weight excluding hydrogens is 533 g/mol. The van der Waals surface area contributed by atoms with E-state index in [9.17, 15) is 37.8 Å². The molecule has 1 aromatic heterocycles. The number of piperidine rings is 1. The van der Waals surface area contributed by atoms with Crippen LogP contribution in [0.1, 0.15) is 63.1 Å². The number of hydroxylamine groups is 2. The van der Waals surface area contributed by atoms with Crippen molar-refractivity contribution in [2.45, 2.75) is 83.0 Å². The van der Waals surface area contributed by atoms with Gasteiger partial charge in [0.25, 0.3) is 0 Å². The molecule has 3 N–H and O–H groups in total. The highest BCUT2D eigenvalue weighted by atomic mass is 19.4. The number of pyridine rings is 1. The molecule has 2 fully saturated rings. The number of nitrogens with one attached hydrogen (secondary N) is 1. The van der Waals surface area contributed by atoms with E-state index >= 15 is 0 Å². The Hall–Kier alpha value is -2.93. The minimum atomic E-state index is -4.95. The van der Waals surface area contributed by atoms with E-state index in [4.69, 9.17) is 4.84 Å². The van der Waals surface area contributed by atoms with E-state index in [1.165, 1.54) is 17.4 Å². The van der Waals surface area contributed by atoms with Crippen molar-refractivity contribution in [3.8, 4) is 0 Å². The zero-order valence-corrected chi connectivity index (χ0v) is 22.6. The molecule has 3 aliphatic rings. The number of aliphatic hydroxyl groups is 1. The predicted octanol–water partition coefficient (Wildman–Crippen LogP) is 2.94. The van der Waals surface area contributed by atoms with E-state index in [2.05, 4.69) is 16.4 Å². The Balaban J connectivity index is 1.43. The van der Waals surface area contributed by atoms with Crippen LogP contribution in [0.15, 0.2) is 12.1 Å². The summed E-state index contributed by atoms with van der Waals surface area (Å²) >= 11 is 0. The Morgan fingerprint density at radius 1 is 1.25 bits per heavy atom. The number of carboxylic acids is 1. The number of likely N-dealkylation sites (tertiary alicyclic amines) is 1. The second kappa shape index (κ2) is 12.3. The summed E-state index contributed by atoms with van der Waals surface area (Å²) < 4.78 is 42.8. The van der Waals surface area contributed by atoms with Crippen molar-refractivity contribution in [3.63, 3.8) is 0 Å². The van der Waals surface area contributed by atoms with Gasteiger partial charge in [-0.2, -0.15) is 13.2 Å². The van der Waals surface area contributed by atoms with Crippen molar-refractivity contribution in [1.29, 1.82) is 0 Å². The first-order valence-electron chi connectivity index (χ1n) is 13.8. The average Bonchev–Trinajstić information content (AvgIpc) is 2.89. The largest absolute Gasteiger partial charge is 0.480 e. The number of carbonyl (C=O) groups is 3. The van der Waals surface area contributed by atoms with Gasteiger partial charge in [0.15, 0.2) is 5.41 Å². The van der Waals surface area contributed by atoms with Gasteiger partial charge in [-0.15, -0.1) is 5.06 Å². The molecule has 4 rings (SSSR count). The molecule has 1 atom stereocenters. The number of aliphatic hydroxyl groups excluding tert-OH is 1. The summed E-state index contributed by atoms with van der Waals surface area (Å²) in [4.78, 5) is 48.1. The smallest absolute Gasteiger partial charge is 0.405 e. The maximum Gasteiger partial charge on any atom is 0.405 e. The Morgan fingerprint density at radius 2 is 1.95 bits per heavy atom. The van der Waals surface area contributed by atoms with Crippen molar-refractivity contribution in [2.24, 2.45) is 11.3 Å². The number of anilines is 1. The summed E-state index contributed by atoms with van der Waals surface area (Å²) in [5.41, 5.74) is -0.745. The number of alkyl halides is 3. The van der Waals surface area contributed by atoms with Gasteiger partial charge in [0.1, 0.15) is 11.9 Å². The van der Waals surface area contributed by atoms with Crippen LogP contribution in [0.3, 0.4) is 0 Å². The van der Waals surface area contributed by atoms with Gasteiger partial charge < -0.3 is 25.3 Å². The summed E-state index contributed by atoms with van der Waals surface area (Å²) in [7, 11) is 0. The molecule has 1 aliphatic carbocycles. The first-order chi connectivity index (χ1) is 18.9. The first kappa shape index (κ1) is 30.0. The van der Waals surface area contributed by atoms with E-state index in [1.807, 2.05) is 6.07 Å². The molecular formula is C27H37F3N4O6. The quantitative estimate of drug-likeness (QED) is 0.363. The highest BCUT2D eigenvalue weighted by Gasteiger charge is 2.63. The number of amides is 1. The Morgan fingerprint density at radius 3 is 2.55 bits per heavy atom. The lowest BCUT2D eigenvalue weighted by molar-refractivity contribution is -0.279. The highest BCUT2D eigenvalue weighted by molar-refractivity contribution is 5.80. The SMILES string of the molecule is CC(=O)N1CCC(C(=O)ON(C2CC(CCc3ccc4c(n3)NCCC4)C2)[C@@H](CCO)C(=O)O)(C(F)(F)F)CC1. The number of halogens is 3. The topological polar surface area (TPSA) is 132 Å². The molecule has 40 heavy (non-hydrogen) atoms. The number of rotatable bonds is 10. The molecule has 1 saturated carbocycles. The number of carbonyl (C=O) groups excluding carboxylic acids is 2. The van der Waals surface area contributed by atoms with Crippen LogP contribution in [0.4, 0.5) is 19.0 Å². The van der Waals surface area contributed by atoms with E-state index < -0.39 is 55.1 Å². The van der Waals surface area contributed by atoms with Gasteiger partial charge in [-0.3, -0.25) is 9.59 Å². The summed E-state index contributed by atoms with van der Waals surface area (Å²) in [6, 6.07) is 1.97. The van der Waals surface area contributed by atoms with Gasteiger partial charge in [-0.25, -0.2) is 9.78 Å². The number of hydrogen-bond acceptors (Lipinski definition) is 8. The van der Waals surface area contributed by atoms with Gasteiger partial charge in [-0.05, 0) is 75.3 Å². The third-order valence-corrected chi connectivity index (χ3v) is 8.51. The Kier molecular flexibility index (Phi) is 9.23. The third-order valence-electron chi connectivity index (χ3n) is 8.51. The Labute approximate surface area is 230 Å². The van der Waals surface area contributed by atoms with E-state index in [0.717, 1.165) is 42.4 Å². The minimum Gasteiger partial charge on any atom is -0.480 e. The molecule has 222 valence electrons. The maximum atomic E-state index is 14.3. The molecule has 13 heteroatoms. The normalized spacial score (nSPS) is 23.0. The number of nitrogens with zero attached hydrogens (tertiary/aromatic N) is 3. The fraction of sp³-hybridized carbons (Fsp3) is 0.704. The number of carboxylic acid groups (broad SMARTS) is 1. The van der Waals surface area contributed by atoms with Crippen LogP contribution in [-0.4, -0.2) is 87.5 Å². The van der Waals surface area contributed by atoms with Gasteiger partial charge in [0, 0.05) is 44.9 Å². The average molecular weight is 571 g/mol. The number of aliphatic carboxylic acids is 1. The van der Waals surface area contributed by atoms with Gasteiger partial charge in [-0.1, -0.05) is 6.07 Å². The van der Waals surface area contributed by atoms with Gasteiger partial charge in [0.2, 0.25) is 5.91 Å². The molecule has 1 amide bonds. The number of aromatic nitrogens is 1. The van der Waals surface area contributed by atoms with E-state index in [-0.39, 0.29) is 31.3 Å². The number of aryl methyl sites for hydroxylation is 2. The number of fused-ring (bicyclic) bond motifs is 1. The summed E-state index contributed by atoms with van der Waals surface area (Å²) in [5, 5.41) is 23.4. The van der Waals surface area contributed by atoms with Crippen LogP contribution >= 0.6 is 0 Å². The molecule has 0 radical (unpaired) electrons. The standard InChI is InChI=1S/C27H37F3N4O6/c1-17(36)33-12-9-26(10-13-33,27(28,29)30)25(39)40-34(22(8-14-35)24(37)38)21-15-18(16-21)4-6-20-7-5-19-3-2-11-31-23(19)32-20/h5,7,18,21-22,35H,2-4,6,8-16H2,1H3,(H,31,32)(H,37,38)/t18?,21?,22-/m0/s1. The molecule has 0 unspecified atom stereocenters. The monoisotopic (exact) mass is 570 g/mol. The van der Waals surface area contributed by atoms with Crippen molar-refractivity contribution >= 4 is 23.7 Å². The predicted molar refractivity (Wildman–Crippen MR) is 137 cm³/mol. The molecule has 2 aliphatic heterocycles. The molecule has 0 bridgehead atoms. The van der Waals surface area contributed by atoms with E-state index in [1.54, 1.807) is 0 Å². The van der Waals surface area contributed by atoms with Crippen LogP contribution in [0, 0.1) is 11.3 Å². The molecule has 10 nitrogen and oxygen atoms in total. The fourth-order valence-electron chi connectivity index (χ4n) is 5.87. The zero-order chi connectivity index (χ0) is 29.1. The van der Waals surface area contributed by atoms with Crippen molar-refractivity contribution < 1.29 is 42.6 Å². The van der Waals surface area contributed by atoms with E-state index in [0.29, 0.717) is 19.3 Å². The lowest BCUT2D eigenvalue weighted by atomic mass is 9.76. The minimum absolute atomic E-state index is 0.149. The molecule has 1 saturated heterocycles. The zero-order valence-electron chi connectivity index (χ0n) is 22.6. The van der Waals surface area contributed by atoms with Crippen molar-refractivity contribution in [1.82, 2.24) is 14.9 Å². The molecule has 1 aromatic rings. The Bertz CT molecular complexity index is 1090. The van der Waals surface area contributed by atoms with Crippen LogP contribution in [-0.2, 0) is 32.1 Å². The number of hydrogen-bond donors (Lipinski definition) is 3.